The van der Waals surface area contributed by atoms with E-state index in [1.54, 1.807) is 0 Å². The topological polar surface area (TPSA) is 8.17 Å². The third kappa shape index (κ3) is 3.63. The van der Waals surface area contributed by atoms with Gasteiger partial charge < -0.3 is 9.47 Å². The van der Waals surface area contributed by atoms with E-state index in [0.717, 1.165) is 6.42 Å². The number of fused-ring (bicyclic) bond motifs is 10. The van der Waals surface area contributed by atoms with E-state index in [0.29, 0.717) is 11.8 Å². The molecule has 3 aliphatic rings. The first-order valence-electron chi connectivity index (χ1n) is 17.4. The molecule has 48 heavy (non-hydrogen) atoms. The molecule has 0 N–H and O–H groups in total. The molecule has 3 atom stereocenters. The quantitative estimate of drug-likeness (QED) is 0.179. The average Bonchev–Trinajstić information content (AvgIpc) is 3.69. The van der Waals surface area contributed by atoms with Crippen LogP contribution in [0.1, 0.15) is 61.3 Å². The molecule has 10 rings (SSSR count). The van der Waals surface area contributed by atoms with Crippen LogP contribution in [-0.2, 0) is 5.41 Å². The normalized spacial score (nSPS) is 21.7. The van der Waals surface area contributed by atoms with Crippen molar-refractivity contribution in [2.45, 2.75) is 50.0 Å². The fourth-order valence-corrected chi connectivity index (χ4v) is 9.53. The van der Waals surface area contributed by atoms with Gasteiger partial charge in [-0.1, -0.05) is 123 Å². The monoisotopic (exact) mass is 618 g/mol. The lowest BCUT2D eigenvalue weighted by atomic mass is 9.71. The van der Waals surface area contributed by atoms with Crippen molar-refractivity contribution in [2.75, 3.05) is 4.90 Å². The molecular weight excluding hydrogens is 581 g/mol. The highest BCUT2D eigenvalue weighted by molar-refractivity contribution is 6.09. The Morgan fingerprint density at radius 1 is 0.604 bits per heavy atom. The zero-order valence-corrected chi connectivity index (χ0v) is 27.7. The predicted molar refractivity (Wildman–Crippen MR) is 201 cm³/mol. The molecular formula is C46H38N2. The summed E-state index contributed by atoms with van der Waals surface area (Å²) in [5, 5.41) is 2.63. The Balaban J connectivity index is 1.14. The molecule has 0 spiro atoms. The zero-order valence-electron chi connectivity index (χ0n) is 27.7. The molecule has 0 radical (unpaired) electrons. The molecule has 1 aromatic heterocycles. The molecule has 7 aromatic rings. The van der Waals surface area contributed by atoms with Gasteiger partial charge in [-0.2, -0.15) is 0 Å². The van der Waals surface area contributed by atoms with Gasteiger partial charge in [0.05, 0.1) is 22.3 Å². The largest absolute Gasteiger partial charge is 0.331 e. The smallest absolute Gasteiger partial charge is 0.0675 e. The van der Waals surface area contributed by atoms with Gasteiger partial charge in [-0.25, -0.2) is 0 Å². The molecule has 6 aromatic carbocycles. The van der Waals surface area contributed by atoms with Gasteiger partial charge in [0.1, 0.15) is 0 Å². The van der Waals surface area contributed by atoms with Gasteiger partial charge in [0.2, 0.25) is 0 Å². The van der Waals surface area contributed by atoms with Crippen molar-refractivity contribution in [3.63, 3.8) is 0 Å². The van der Waals surface area contributed by atoms with Crippen LogP contribution in [0, 0.1) is 0 Å². The Morgan fingerprint density at radius 2 is 1.29 bits per heavy atom. The van der Waals surface area contributed by atoms with E-state index in [1.807, 2.05) is 0 Å². The molecule has 0 amide bonds. The summed E-state index contributed by atoms with van der Waals surface area (Å²) >= 11 is 0. The van der Waals surface area contributed by atoms with E-state index >= 15 is 0 Å². The van der Waals surface area contributed by atoms with Crippen LogP contribution in [0.5, 0.6) is 0 Å². The maximum Gasteiger partial charge on any atom is 0.0675 e. The molecule has 2 aliphatic carbocycles. The van der Waals surface area contributed by atoms with Crippen LogP contribution in [0.25, 0.3) is 38.6 Å². The van der Waals surface area contributed by atoms with Gasteiger partial charge in [0.25, 0.3) is 0 Å². The van der Waals surface area contributed by atoms with Crippen molar-refractivity contribution in [1.29, 1.82) is 0 Å². The first-order valence-corrected chi connectivity index (χ1v) is 17.4. The molecule has 0 bridgehead atoms. The van der Waals surface area contributed by atoms with E-state index in [2.05, 4.69) is 182 Å². The minimum absolute atomic E-state index is 0.0370. The van der Waals surface area contributed by atoms with E-state index in [9.17, 15) is 0 Å². The highest BCUT2D eigenvalue weighted by Gasteiger charge is 2.52. The summed E-state index contributed by atoms with van der Waals surface area (Å²) in [5.74, 6) is 0.678. The molecule has 0 saturated heterocycles. The highest BCUT2D eigenvalue weighted by Crippen LogP contribution is 2.63. The standard InChI is InChI=1S/C46H38N2/c1-45(2)38-20-12-10-19-35(38)43-39(45)24-23-36-40-29-31(26-27-46(40,3)48(44(36)43)33-16-8-5-9-17-33)30-22-25-42-37(28-30)34-18-11-13-21-41(34)47(42)32-14-6-4-7-15-32/h4-28,31,40H,29H2,1-3H3. The Labute approximate surface area is 282 Å². The SMILES string of the molecule is CC1(C)c2ccccc2-c2c1ccc1c2N(c2ccccc2)C2(C)C=CC(c3ccc4c(c3)c3ccccc3n4-c3ccccc3)CC12. The first kappa shape index (κ1) is 27.7. The summed E-state index contributed by atoms with van der Waals surface area (Å²) in [4.78, 5) is 2.67. The van der Waals surface area contributed by atoms with Crippen molar-refractivity contribution >= 4 is 33.2 Å². The zero-order chi connectivity index (χ0) is 32.2. The summed E-state index contributed by atoms with van der Waals surface area (Å²) < 4.78 is 2.41. The molecule has 2 nitrogen and oxygen atoms in total. The lowest BCUT2D eigenvalue weighted by Gasteiger charge is -2.43. The van der Waals surface area contributed by atoms with Gasteiger partial charge >= 0.3 is 0 Å². The molecule has 2 heterocycles. The van der Waals surface area contributed by atoms with Crippen LogP contribution in [-0.4, -0.2) is 10.1 Å². The van der Waals surface area contributed by atoms with Crippen LogP contribution >= 0.6 is 0 Å². The van der Waals surface area contributed by atoms with Gasteiger partial charge in [-0.05, 0) is 83.6 Å². The Bertz CT molecular complexity index is 2430. The van der Waals surface area contributed by atoms with E-state index in [4.69, 9.17) is 0 Å². The third-order valence-electron chi connectivity index (χ3n) is 11.8. The van der Waals surface area contributed by atoms with Crippen LogP contribution < -0.4 is 4.90 Å². The maximum absolute atomic E-state index is 2.67. The van der Waals surface area contributed by atoms with Gasteiger partial charge in [-0.3, -0.25) is 0 Å². The summed E-state index contributed by atoms with van der Waals surface area (Å²) in [6.45, 7) is 7.25. The van der Waals surface area contributed by atoms with Crippen molar-refractivity contribution in [3.8, 4) is 16.8 Å². The predicted octanol–water partition coefficient (Wildman–Crippen LogP) is 11.8. The van der Waals surface area contributed by atoms with Gasteiger partial charge in [-0.15, -0.1) is 0 Å². The van der Waals surface area contributed by atoms with E-state index in [-0.39, 0.29) is 11.0 Å². The Morgan fingerprint density at radius 3 is 2.10 bits per heavy atom. The molecule has 2 heteroatoms. The van der Waals surface area contributed by atoms with E-state index in [1.165, 1.54) is 72.2 Å². The highest BCUT2D eigenvalue weighted by atomic mass is 15.2. The molecule has 232 valence electrons. The number of aromatic nitrogens is 1. The van der Waals surface area contributed by atoms with Gasteiger partial charge in [0, 0.05) is 45.0 Å². The second-order valence-corrected chi connectivity index (χ2v) is 14.7. The van der Waals surface area contributed by atoms with Crippen molar-refractivity contribution in [3.05, 3.63) is 174 Å². The lowest BCUT2D eigenvalue weighted by molar-refractivity contribution is 0.420. The lowest BCUT2D eigenvalue weighted by Crippen LogP contribution is -2.44. The third-order valence-corrected chi connectivity index (χ3v) is 11.8. The fraction of sp³-hybridized carbons (Fsp3) is 0.174. The van der Waals surface area contributed by atoms with Crippen LogP contribution in [0.4, 0.5) is 11.4 Å². The summed E-state index contributed by atoms with van der Waals surface area (Å²) in [5.41, 5.74) is 14.7. The fourth-order valence-electron chi connectivity index (χ4n) is 9.53. The number of nitrogens with zero attached hydrogens (tertiary/aromatic N) is 2. The summed E-state index contributed by atoms with van der Waals surface area (Å²) in [6, 6.07) is 51.9. The van der Waals surface area contributed by atoms with Crippen molar-refractivity contribution < 1.29 is 0 Å². The van der Waals surface area contributed by atoms with Crippen molar-refractivity contribution in [1.82, 2.24) is 4.57 Å². The Kier molecular flexibility index (Phi) is 5.69. The Hall–Kier alpha value is -5.34. The van der Waals surface area contributed by atoms with Crippen LogP contribution in [0.15, 0.2) is 152 Å². The number of hydrogen-bond donors (Lipinski definition) is 0. The first-order chi connectivity index (χ1) is 23.4. The second kappa shape index (κ2) is 9.84. The molecule has 0 saturated carbocycles. The van der Waals surface area contributed by atoms with Crippen LogP contribution in [0.3, 0.4) is 0 Å². The maximum atomic E-state index is 2.67. The van der Waals surface area contributed by atoms with Gasteiger partial charge in [0.15, 0.2) is 0 Å². The number of para-hydroxylation sites is 3. The van der Waals surface area contributed by atoms with Crippen LogP contribution in [0.2, 0.25) is 0 Å². The average molecular weight is 619 g/mol. The minimum atomic E-state index is -0.176. The van der Waals surface area contributed by atoms with Crippen molar-refractivity contribution in [2.24, 2.45) is 0 Å². The number of rotatable bonds is 3. The number of allylic oxidation sites excluding steroid dienone is 1. The number of benzene rings is 6. The molecule has 3 unspecified atom stereocenters. The molecule has 1 aliphatic heterocycles. The van der Waals surface area contributed by atoms with E-state index < -0.39 is 0 Å². The number of anilines is 2. The minimum Gasteiger partial charge on any atom is -0.331 e. The summed E-state index contributed by atoms with van der Waals surface area (Å²) in [6.07, 6.45) is 6.11. The number of hydrogen-bond acceptors (Lipinski definition) is 1. The second-order valence-electron chi connectivity index (χ2n) is 14.7. The summed E-state index contributed by atoms with van der Waals surface area (Å²) in [7, 11) is 0. The molecule has 0 fully saturated rings.